The molecule has 2 atom stereocenters. The van der Waals surface area contributed by atoms with E-state index in [1.165, 1.54) is 4.90 Å². The number of amides is 1. The van der Waals surface area contributed by atoms with Crippen LogP contribution in [0.4, 0.5) is 5.69 Å². The second-order valence-electron chi connectivity index (χ2n) is 8.78. The first-order valence-electron chi connectivity index (χ1n) is 12.4. The van der Waals surface area contributed by atoms with E-state index >= 15 is 0 Å². The highest BCUT2D eigenvalue weighted by atomic mass is 16.5. The van der Waals surface area contributed by atoms with Gasteiger partial charge >= 0.3 is 0 Å². The van der Waals surface area contributed by atoms with Crippen LogP contribution in [0.3, 0.4) is 0 Å². The van der Waals surface area contributed by atoms with Gasteiger partial charge < -0.3 is 24.6 Å². The Bertz CT molecular complexity index is 1070. The molecule has 0 radical (unpaired) electrons. The van der Waals surface area contributed by atoms with Crippen LogP contribution < -0.4 is 19.7 Å². The monoisotopic (exact) mass is 490 g/mol. The highest BCUT2D eigenvalue weighted by molar-refractivity contribution is 5.95. The number of aliphatic hydroxyl groups excluding tert-OH is 1. The van der Waals surface area contributed by atoms with Gasteiger partial charge in [0.15, 0.2) is 6.23 Å². The summed E-state index contributed by atoms with van der Waals surface area (Å²) in [6, 6.07) is 24.3. The van der Waals surface area contributed by atoms with E-state index < -0.39 is 6.23 Å². The van der Waals surface area contributed by atoms with E-state index in [2.05, 4.69) is 5.32 Å². The van der Waals surface area contributed by atoms with Crippen molar-refractivity contribution in [3.05, 3.63) is 90.0 Å². The number of aliphatic hydroxyl groups is 1. The first-order valence-corrected chi connectivity index (χ1v) is 12.4. The largest absolute Gasteiger partial charge is 0.497 e. The van der Waals surface area contributed by atoms with Crippen LogP contribution in [0, 0.1) is 5.92 Å². The number of methoxy groups -OCH3 is 1. The van der Waals surface area contributed by atoms with Gasteiger partial charge in [-0.1, -0.05) is 42.5 Å². The van der Waals surface area contributed by atoms with Crippen LogP contribution in [-0.4, -0.2) is 44.4 Å². The molecule has 0 aromatic heterocycles. The number of benzene rings is 3. The highest BCUT2D eigenvalue weighted by Crippen LogP contribution is 2.31. The quantitative estimate of drug-likeness (QED) is 0.308. The van der Waals surface area contributed by atoms with Crippen molar-refractivity contribution < 1.29 is 24.1 Å². The molecule has 3 aromatic carbocycles. The number of nitrogens with one attached hydrogen (secondary N) is 1. The van der Waals surface area contributed by atoms with Gasteiger partial charge in [-0.25, -0.2) is 0 Å². The van der Waals surface area contributed by atoms with Gasteiger partial charge in [-0.2, -0.15) is 0 Å². The minimum atomic E-state index is -1.12. The van der Waals surface area contributed by atoms with Gasteiger partial charge in [-0.15, -0.1) is 0 Å². The Morgan fingerprint density at radius 1 is 1.00 bits per heavy atom. The molecule has 1 aliphatic rings. The Morgan fingerprint density at radius 2 is 1.72 bits per heavy atom. The van der Waals surface area contributed by atoms with E-state index in [0.29, 0.717) is 49.1 Å². The first kappa shape index (κ1) is 25.7. The summed E-state index contributed by atoms with van der Waals surface area (Å²) in [5.41, 5.74) is 2.35. The third kappa shape index (κ3) is 6.85. The number of hydrogen-bond donors (Lipinski definition) is 2. The zero-order valence-electron chi connectivity index (χ0n) is 20.6. The van der Waals surface area contributed by atoms with Crippen LogP contribution in [-0.2, 0) is 16.1 Å². The van der Waals surface area contributed by atoms with Crippen LogP contribution >= 0.6 is 0 Å². The van der Waals surface area contributed by atoms with Crippen molar-refractivity contribution in [1.29, 1.82) is 0 Å². The number of hydrogen-bond acceptors (Lipinski definition) is 6. The maximum Gasteiger partial charge on any atom is 0.233 e. The third-order valence-electron chi connectivity index (χ3n) is 6.26. The van der Waals surface area contributed by atoms with E-state index in [0.717, 1.165) is 24.9 Å². The average molecular weight is 491 g/mol. The fraction of sp³-hybridized carbons (Fsp3) is 0.345. The van der Waals surface area contributed by atoms with Crippen molar-refractivity contribution in [2.75, 3.05) is 38.3 Å². The predicted molar refractivity (Wildman–Crippen MR) is 139 cm³/mol. The number of carbonyl (C=O) groups is 1. The Hall–Kier alpha value is -3.39. The summed E-state index contributed by atoms with van der Waals surface area (Å²) in [4.78, 5) is 15.0. The molecule has 190 valence electrons. The van der Waals surface area contributed by atoms with Gasteiger partial charge in [-0.3, -0.25) is 9.69 Å². The molecule has 0 bridgehead atoms. The molecule has 7 nitrogen and oxygen atoms in total. The highest BCUT2D eigenvalue weighted by Gasteiger charge is 2.31. The molecule has 1 aliphatic heterocycles. The maximum atomic E-state index is 13.5. The van der Waals surface area contributed by atoms with Gasteiger partial charge in [0.1, 0.15) is 18.1 Å². The van der Waals surface area contributed by atoms with Gasteiger partial charge in [-0.05, 0) is 61.3 Å². The Kier molecular flexibility index (Phi) is 9.33. The van der Waals surface area contributed by atoms with E-state index in [1.54, 1.807) is 43.5 Å². The van der Waals surface area contributed by atoms with Crippen molar-refractivity contribution in [1.82, 2.24) is 5.32 Å². The molecule has 4 rings (SSSR count). The molecule has 2 N–H and O–H groups in total. The molecule has 1 amide bonds. The zero-order chi connectivity index (χ0) is 25.2. The van der Waals surface area contributed by atoms with Gasteiger partial charge in [0, 0.05) is 17.8 Å². The first-order chi connectivity index (χ1) is 17.7. The van der Waals surface area contributed by atoms with Crippen molar-refractivity contribution in [3.8, 4) is 11.5 Å². The maximum absolute atomic E-state index is 13.5. The summed E-state index contributed by atoms with van der Waals surface area (Å²) in [6.45, 7) is 2.93. The summed E-state index contributed by atoms with van der Waals surface area (Å²) in [7, 11) is 1.59. The number of ether oxygens (including phenoxy) is 3. The summed E-state index contributed by atoms with van der Waals surface area (Å²) in [5.74, 6) is 1.07. The lowest BCUT2D eigenvalue weighted by Crippen LogP contribution is -2.44. The topological polar surface area (TPSA) is 80.3 Å². The van der Waals surface area contributed by atoms with Gasteiger partial charge in [0.05, 0.1) is 26.2 Å². The van der Waals surface area contributed by atoms with Crippen molar-refractivity contribution >= 4 is 11.6 Å². The second kappa shape index (κ2) is 13.1. The molecule has 0 spiro atoms. The van der Waals surface area contributed by atoms with Crippen LogP contribution in [0.1, 0.15) is 30.2 Å². The molecular weight excluding hydrogens is 456 g/mol. The second-order valence-corrected chi connectivity index (χ2v) is 8.78. The number of nitrogens with zero attached hydrogens (tertiary/aromatic N) is 1. The number of piperidine rings is 1. The van der Waals surface area contributed by atoms with E-state index in [-0.39, 0.29) is 11.8 Å². The Morgan fingerprint density at radius 3 is 2.39 bits per heavy atom. The summed E-state index contributed by atoms with van der Waals surface area (Å²) in [6.07, 6.45) is 0.604. The van der Waals surface area contributed by atoms with Crippen LogP contribution in [0.2, 0.25) is 0 Å². The molecule has 0 aliphatic carbocycles. The molecule has 2 unspecified atom stereocenters. The third-order valence-corrected chi connectivity index (χ3v) is 6.26. The van der Waals surface area contributed by atoms with E-state index in [9.17, 15) is 9.90 Å². The van der Waals surface area contributed by atoms with Crippen LogP contribution in [0.5, 0.6) is 11.5 Å². The minimum absolute atomic E-state index is 0.103. The van der Waals surface area contributed by atoms with Crippen molar-refractivity contribution in [2.24, 2.45) is 5.92 Å². The molecule has 1 fully saturated rings. The smallest absolute Gasteiger partial charge is 0.233 e. The van der Waals surface area contributed by atoms with E-state index in [1.807, 2.05) is 42.5 Å². The lowest BCUT2D eigenvalue weighted by atomic mass is 9.97. The molecule has 1 saturated heterocycles. The normalized spacial score (nSPS) is 16.2. The van der Waals surface area contributed by atoms with Crippen molar-refractivity contribution in [3.63, 3.8) is 0 Å². The lowest BCUT2D eigenvalue weighted by Gasteiger charge is -2.33. The lowest BCUT2D eigenvalue weighted by molar-refractivity contribution is -0.125. The van der Waals surface area contributed by atoms with Crippen LogP contribution in [0.15, 0.2) is 78.9 Å². The Labute approximate surface area is 212 Å². The number of rotatable bonds is 11. The predicted octanol–water partition coefficient (Wildman–Crippen LogP) is 4.31. The van der Waals surface area contributed by atoms with Gasteiger partial charge in [0.25, 0.3) is 0 Å². The molecule has 7 heteroatoms. The fourth-order valence-corrected chi connectivity index (χ4v) is 4.26. The standard InChI is InChI=1S/C29H34N2O5/c1-34-26-13-9-23(10-14-26)28(32)31(29(33)24-8-5-17-30-20-24)25-11-15-27(16-12-25)36-19-18-35-21-22-6-3-2-4-7-22/h2-4,6-7,9-16,24,28,30,32H,5,8,17-21H2,1H3. The van der Waals surface area contributed by atoms with E-state index in [4.69, 9.17) is 14.2 Å². The fourth-order valence-electron chi connectivity index (χ4n) is 4.26. The molecule has 1 heterocycles. The number of anilines is 1. The Balaban J connectivity index is 1.41. The number of carbonyl (C=O) groups excluding carboxylic acids is 1. The average Bonchev–Trinajstić information content (AvgIpc) is 2.94. The SMILES string of the molecule is COc1ccc(C(O)N(C(=O)C2CCCNC2)c2ccc(OCCOCc3ccccc3)cc2)cc1. The minimum Gasteiger partial charge on any atom is -0.497 e. The summed E-state index contributed by atoms with van der Waals surface area (Å²) < 4.78 is 16.7. The molecule has 3 aromatic rings. The zero-order valence-corrected chi connectivity index (χ0v) is 20.6. The molecule has 0 saturated carbocycles. The summed E-state index contributed by atoms with van der Waals surface area (Å²) >= 11 is 0. The summed E-state index contributed by atoms with van der Waals surface area (Å²) in [5, 5.41) is 14.5. The van der Waals surface area contributed by atoms with Gasteiger partial charge in [0.2, 0.25) is 5.91 Å². The van der Waals surface area contributed by atoms with Crippen molar-refractivity contribution in [2.45, 2.75) is 25.7 Å². The molecular formula is C29H34N2O5. The van der Waals surface area contributed by atoms with Crippen LogP contribution in [0.25, 0.3) is 0 Å². The molecule has 36 heavy (non-hydrogen) atoms.